The number of carboxylic acids is 1. The molecular weight excluding hydrogens is 330 g/mol. The van der Waals surface area contributed by atoms with E-state index in [1.165, 1.54) is 12.3 Å². The fraction of sp³-hybridized carbons (Fsp3) is 0.333. The minimum atomic E-state index is -1.20. The lowest BCUT2D eigenvalue weighted by Crippen LogP contribution is -2.32. The largest absolute Gasteiger partial charge is 0.477 e. The molecular formula is C21H21NO4. The molecule has 1 atom stereocenters. The van der Waals surface area contributed by atoms with Crippen LogP contribution < -0.4 is 5.43 Å². The second kappa shape index (κ2) is 5.34. The van der Waals surface area contributed by atoms with Crippen molar-refractivity contribution in [1.82, 2.24) is 4.57 Å². The number of aromatic nitrogens is 1. The summed E-state index contributed by atoms with van der Waals surface area (Å²) in [6, 6.07) is 7.47. The smallest absolute Gasteiger partial charge is 0.341 e. The third-order valence-electron chi connectivity index (χ3n) is 5.29. The van der Waals surface area contributed by atoms with E-state index in [0.717, 1.165) is 28.5 Å². The number of nitrogens with zero attached hydrogens (tertiary/aromatic N) is 1. The monoisotopic (exact) mass is 351 g/mol. The molecule has 5 heteroatoms. The molecule has 0 aliphatic carbocycles. The molecule has 0 unspecified atom stereocenters. The van der Waals surface area contributed by atoms with Crippen molar-refractivity contribution in [2.75, 3.05) is 0 Å². The van der Waals surface area contributed by atoms with Gasteiger partial charge in [-0.2, -0.15) is 0 Å². The molecule has 1 aliphatic rings. The molecule has 0 spiro atoms. The zero-order valence-corrected chi connectivity index (χ0v) is 15.3. The van der Waals surface area contributed by atoms with Gasteiger partial charge in [-0.1, -0.05) is 39.0 Å². The lowest BCUT2D eigenvalue weighted by molar-refractivity contribution is 0.0693. The average Bonchev–Trinajstić information content (AvgIpc) is 2.93. The third-order valence-corrected chi connectivity index (χ3v) is 5.29. The highest BCUT2D eigenvalue weighted by Gasteiger charge is 2.36. The van der Waals surface area contributed by atoms with Gasteiger partial charge in [0.25, 0.3) is 0 Å². The number of hydrogen-bond acceptors (Lipinski definition) is 3. The SMILES string of the molecule is Cc1cccc2c3c(oc12)-c1cc(=O)c(C(=O)O)cn1[C@H](C(C)(C)C)C3. The van der Waals surface area contributed by atoms with Crippen LogP contribution in [0, 0.1) is 12.3 Å². The Hall–Kier alpha value is -2.82. The van der Waals surface area contributed by atoms with Crippen molar-refractivity contribution in [3.8, 4) is 11.5 Å². The summed E-state index contributed by atoms with van der Waals surface area (Å²) in [6.07, 6.45) is 2.20. The maximum absolute atomic E-state index is 12.3. The molecule has 0 fully saturated rings. The Morgan fingerprint density at radius 2 is 2.04 bits per heavy atom. The molecule has 26 heavy (non-hydrogen) atoms. The van der Waals surface area contributed by atoms with E-state index >= 15 is 0 Å². The maximum Gasteiger partial charge on any atom is 0.341 e. The molecule has 2 aromatic heterocycles. The first kappa shape index (κ1) is 16.6. The number of benzene rings is 1. The molecule has 1 aromatic carbocycles. The predicted molar refractivity (Wildman–Crippen MR) is 99.8 cm³/mol. The van der Waals surface area contributed by atoms with Crippen LogP contribution in [-0.2, 0) is 6.42 Å². The van der Waals surface area contributed by atoms with Crippen LogP contribution in [0.2, 0.25) is 0 Å². The van der Waals surface area contributed by atoms with Crippen molar-refractivity contribution in [1.29, 1.82) is 0 Å². The summed E-state index contributed by atoms with van der Waals surface area (Å²) in [4.78, 5) is 23.8. The molecule has 5 nitrogen and oxygen atoms in total. The number of aromatic carboxylic acids is 1. The van der Waals surface area contributed by atoms with Gasteiger partial charge in [0, 0.05) is 29.3 Å². The summed E-state index contributed by atoms with van der Waals surface area (Å²) in [5.41, 5.74) is 2.78. The van der Waals surface area contributed by atoms with Gasteiger partial charge in [0.2, 0.25) is 0 Å². The molecule has 3 aromatic rings. The minimum absolute atomic E-state index is 0.0185. The number of para-hydroxylation sites is 1. The average molecular weight is 351 g/mol. The van der Waals surface area contributed by atoms with Gasteiger partial charge in [0.15, 0.2) is 11.2 Å². The molecule has 0 saturated heterocycles. The third kappa shape index (κ3) is 2.30. The fourth-order valence-electron chi connectivity index (χ4n) is 3.89. The number of pyridine rings is 1. The summed E-state index contributed by atoms with van der Waals surface area (Å²) >= 11 is 0. The van der Waals surface area contributed by atoms with Crippen LogP contribution in [-0.4, -0.2) is 15.6 Å². The number of furan rings is 1. The highest BCUT2D eigenvalue weighted by molar-refractivity contribution is 5.91. The van der Waals surface area contributed by atoms with Crippen LogP contribution in [0.1, 0.15) is 48.3 Å². The number of carboxylic acid groups (broad SMARTS) is 1. The van der Waals surface area contributed by atoms with Gasteiger partial charge >= 0.3 is 5.97 Å². The second-order valence-electron chi connectivity index (χ2n) is 8.10. The van der Waals surface area contributed by atoms with Crippen LogP contribution in [0.3, 0.4) is 0 Å². The molecule has 0 saturated carbocycles. The lowest BCUT2D eigenvalue weighted by Gasteiger charge is -2.37. The maximum atomic E-state index is 12.3. The van der Waals surface area contributed by atoms with Crippen molar-refractivity contribution in [3.05, 3.63) is 57.4 Å². The summed E-state index contributed by atoms with van der Waals surface area (Å²) < 4.78 is 8.06. The summed E-state index contributed by atoms with van der Waals surface area (Å²) in [6.45, 7) is 8.37. The highest BCUT2D eigenvalue weighted by Crippen LogP contribution is 2.46. The van der Waals surface area contributed by atoms with Gasteiger partial charge in [-0.15, -0.1) is 0 Å². The summed E-state index contributed by atoms with van der Waals surface area (Å²) in [5, 5.41) is 10.4. The fourth-order valence-corrected chi connectivity index (χ4v) is 3.89. The lowest BCUT2D eigenvalue weighted by atomic mass is 9.79. The van der Waals surface area contributed by atoms with Crippen LogP contribution >= 0.6 is 0 Å². The van der Waals surface area contributed by atoms with Gasteiger partial charge < -0.3 is 14.1 Å². The summed E-state index contributed by atoms with van der Waals surface area (Å²) in [5.74, 6) is -0.534. The molecule has 0 amide bonds. The molecule has 4 rings (SSSR count). The number of fused-ring (bicyclic) bond motifs is 5. The van der Waals surface area contributed by atoms with E-state index in [1.54, 1.807) is 0 Å². The van der Waals surface area contributed by atoms with Crippen LogP contribution in [0.25, 0.3) is 22.4 Å². The van der Waals surface area contributed by atoms with E-state index in [4.69, 9.17) is 4.42 Å². The van der Waals surface area contributed by atoms with Crippen molar-refractivity contribution < 1.29 is 14.3 Å². The predicted octanol–water partition coefficient (Wildman–Crippen LogP) is 4.41. The molecule has 1 aliphatic heterocycles. The summed E-state index contributed by atoms with van der Waals surface area (Å²) in [7, 11) is 0. The van der Waals surface area contributed by atoms with E-state index < -0.39 is 11.4 Å². The van der Waals surface area contributed by atoms with Crippen molar-refractivity contribution in [3.63, 3.8) is 0 Å². The Kier molecular flexibility index (Phi) is 3.41. The normalized spacial score (nSPS) is 16.4. The second-order valence-corrected chi connectivity index (χ2v) is 8.10. The van der Waals surface area contributed by atoms with E-state index in [9.17, 15) is 14.7 Å². The van der Waals surface area contributed by atoms with Gasteiger partial charge in [0.1, 0.15) is 11.1 Å². The Morgan fingerprint density at radius 1 is 1.31 bits per heavy atom. The minimum Gasteiger partial charge on any atom is -0.477 e. The van der Waals surface area contributed by atoms with Gasteiger partial charge in [0.05, 0.1) is 5.69 Å². The first-order chi connectivity index (χ1) is 12.2. The number of hydrogen-bond donors (Lipinski definition) is 1. The number of rotatable bonds is 1. The quantitative estimate of drug-likeness (QED) is 0.705. The first-order valence-corrected chi connectivity index (χ1v) is 8.69. The molecule has 1 N–H and O–H groups in total. The van der Waals surface area contributed by atoms with E-state index in [1.807, 2.05) is 29.7 Å². The highest BCUT2D eigenvalue weighted by atomic mass is 16.4. The first-order valence-electron chi connectivity index (χ1n) is 8.69. The van der Waals surface area contributed by atoms with Crippen molar-refractivity contribution >= 4 is 16.9 Å². The van der Waals surface area contributed by atoms with E-state index in [2.05, 4.69) is 20.8 Å². The number of aryl methyl sites for hydroxylation is 1. The molecule has 0 bridgehead atoms. The Balaban J connectivity index is 2.09. The van der Waals surface area contributed by atoms with Gasteiger partial charge in [-0.05, 0) is 24.3 Å². The van der Waals surface area contributed by atoms with E-state index in [-0.39, 0.29) is 17.0 Å². The standard InChI is InChI=1S/C21H21NO4/c1-11-6-5-7-12-13-8-17(21(2,3)4)22-10-14(20(24)25)16(23)9-15(22)19(13)26-18(11)12/h5-7,9-10,17H,8H2,1-4H3,(H,24,25)/t17-/m0/s1. The zero-order chi connectivity index (χ0) is 18.8. The Morgan fingerprint density at radius 3 is 2.69 bits per heavy atom. The number of carbonyl (C=O) groups is 1. The van der Waals surface area contributed by atoms with Crippen LogP contribution in [0.5, 0.6) is 0 Å². The van der Waals surface area contributed by atoms with Crippen molar-refractivity contribution in [2.45, 2.75) is 40.2 Å². The van der Waals surface area contributed by atoms with Gasteiger partial charge in [-0.3, -0.25) is 4.79 Å². The molecule has 134 valence electrons. The Labute approximate surface area is 150 Å². The zero-order valence-electron chi connectivity index (χ0n) is 15.3. The molecule has 3 heterocycles. The van der Waals surface area contributed by atoms with Gasteiger partial charge in [-0.25, -0.2) is 4.79 Å². The molecule has 0 radical (unpaired) electrons. The Bertz CT molecular complexity index is 1110. The van der Waals surface area contributed by atoms with Crippen molar-refractivity contribution in [2.24, 2.45) is 5.41 Å². The van der Waals surface area contributed by atoms with Crippen LogP contribution in [0.4, 0.5) is 0 Å². The topological polar surface area (TPSA) is 72.4 Å². The van der Waals surface area contributed by atoms with Crippen LogP contribution in [0.15, 0.2) is 39.7 Å². The van der Waals surface area contributed by atoms with E-state index in [0.29, 0.717) is 11.5 Å².